The van der Waals surface area contributed by atoms with Crippen molar-refractivity contribution in [1.29, 1.82) is 0 Å². The number of hydrogen-bond acceptors (Lipinski definition) is 4. The first-order valence-electron chi connectivity index (χ1n) is 6.77. The molecule has 0 radical (unpaired) electrons. The fourth-order valence-electron chi connectivity index (χ4n) is 1.82. The zero-order valence-corrected chi connectivity index (χ0v) is 13.3. The van der Waals surface area contributed by atoms with Gasteiger partial charge in [0.1, 0.15) is 0 Å². The zero-order valence-electron chi connectivity index (χ0n) is 12.4. The summed E-state index contributed by atoms with van der Waals surface area (Å²) in [6, 6.07) is 10.3. The van der Waals surface area contributed by atoms with Gasteiger partial charge in [0.2, 0.25) is 0 Å². The van der Waals surface area contributed by atoms with E-state index < -0.39 is 16.7 Å². The number of hydrogen-bond donors (Lipinski definition) is 2. The highest BCUT2D eigenvalue weighted by atomic mass is 32.1. The van der Waals surface area contributed by atoms with Crippen molar-refractivity contribution in [2.24, 2.45) is 5.10 Å². The number of nitro groups is 1. The van der Waals surface area contributed by atoms with Crippen LogP contribution in [0.2, 0.25) is 0 Å². The number of alkyl halides is 3. The number of nitrogens with zero attached hydrogens (tertiary/aromatic N) is 2. The maximum Gasteiger partial charge on any atom is 0.416 e. The highest BCUT2D eigenvalue weighted by Gasteiger charge is 2.30. The minimum atomic E-state index is -4.45. The molecule has 0 aliphatic rings. The van der Waals surface area contributed by atoms with Crippen molar-refractivity contribution in [3.8, 4) is 0 Å². The largest absolute Gasteiger partial charge is 0.416 e. The molecule has 0 saturated carbocycles. The predicted molar refractivity (Wildman–Crippen MR) is 91.5 cm³/mol. The van der Waals surface area contributed by atoms with Crippen molar-refractivity contribution in [3.05, 3.63) is 69.8 Å². The third-order valence-corrected chi connectivity index (χ3v) is 3.10. The molecule has 130 valence electrons. The van der Waals surface area contributed by atoms with E-state index in [1.54, 1.807) is 6.07 Å². The summed E-state index contributed by atoms with van der Waals surface area (Å²) in [5.74, 6) is 0. The summed E-state index contributed by atoms with van der Waals surface area (Å²) in [7, 11) is 0. The number of nitro benzene ring substituents is 1. The van der Waals surface area contributed by atoms with Crippen LogP contribution in [0.3, 0.4) is 0 Å². The van der Waals surface area contributed by atoms with E-state index in [0.29, 0.717) is 5.56 Å². The summed E-state index contributed by atoms with van der Waals surface area (Å²) >= 11 is 4.93. The number of thiocarbonyl (C=S) groups is 1. The Labute approximate surface area is 145 Å². The molecule has 0 amide bonds. The Kier molecular flexibility index (Phi) is 5.65. The van der Waals surface area contributed by atoms with Crippen LogP contribution >= 0.6 is 12.2 Å². The molecule has 0 bridgehead atoms. The Balaban J connectivity index is 1.97. The summed E-state index contributed by atoms with van der Waals surface area (Å²) < 4.78 is 37.9. The van der Waals surface area contributed by atoms with Gasteiger partial charge in [-0.1, -0.05) is 18.2 Å². The van der Waals surface area contributed by atoms with Crippen LogP contribution < -0.4 is 10.7 Å². The monoisotopic (exact) mass is 368 g/mol. The van der Waals surface area contributed by atoms with Gasteiger partial charge in [0, 0.05) is 23.4 Å². The molecule has 2 N–H and O–H groups in total. The lowest BCUT2D eigenvalue weighted by Crippen LogP contribution is -2.24. The van der Waals surface area contributed by atoms with Gasteiger partial charge in [0.25, 0.3) is 5.69 Å². The standard InChI is InChI=1S/C15H11F3N4O2S/c16-15(17,18)11-4-2-5-12(8-11)20-14(25)21-19-9-10-3-1-6-13(7-10)22(23)24/h1-9H,(H2,20,21,25)/b19-9+. The molecule has 0 aliphatic heterocycles. The minimum absolute atomic E-state index is 0.0268. The molecule has 0 heterocycles. The van der Waals surface area contributed by atoms with Crippen LogP contribution in [0.25, 0.3) is 0 Å². The van der Waals surface area contributed by atoms with E-state index in [1.807, 2.05) is 0 Å². The Morgan fingerprint density at radius 2 is 1.92 bits per heavy atom. The quantitative estimate of drug-likeness (QED) is 0.370. The van der Waals surface area contributed by atoms with Crippen molar-refractivity contribution in [2.75, 3.05) is 5.32 Å². The summed E-state index contributed by atoms with van der Waals surface area (Å²) in [5, 5.41) is 17.0. The molecule has 2 aromatic rings. The number of hydrazone groups is 1. The molecule has 0 spiro atoms. The van der Waals surface area contributed by atoms with E-state index in [-0.39, 0.29) is 16.5 Å². The van der Waals surface area contributed by atoms with Crippen molar-refractivity contribution in [3.63, 3.8) is 0 Å². The van der Waals surface area contributed by atoms with E-state index in [9.17, 15) is 23.3 Å². The average molecular weight is 368 g/mol. The van der Waals surface area contributed by atoms with Gasteiger partial charge in [-0.25, -0.2) is 0 Å². The summed E-state index contributed by atoms with van der Waals surface area (Å²) in [6.07, 6.45) is -3.15. The molecule has 2 aromatic carbocycles. The second kappa shape index (κ2) is 7.71. The van der Waals surface area contributed by atoms with Crippen LogP contribution in [-0.4, -0.2) is 16.3 Å². The Hall–Kier alpha value is -3.01. The van der Waals surface area contributed by atoms with Gasteiger partial charge in [0.05, 0.1) is 16.7 Å². The number of non-ortho nitro benzene ring substituents is 1. The van der Waals surface area contributed by atoms with E-state index in [1.165, 1.54) is 36.5 Å². The van der Waals surface area contributed by atoms with Gasteiger partial charge in [-0.3, -0.25) is 15.5 Å². The highest BCUT2D eigenvalue weighted by Crippen LogP contribution is 2.30. The van der Waals surface area contributed by atoms with Gasteiger partial charge in [-0.2, -0.15) is 18.3 Å². The number of rotatable bonds is 4. The first-order chi connectivity index (χ1) is 11.8. The third-order valence-electron chi connectivity index (χ3n) is 2.91. The van der Waals surface area contributed by atoms with Gasteiger partial charge in [0.15, 0.2) is 5.11 Å². The van der Waals surface area contributed by atoms with Crippen molar-refractivity contribution in [2.45, 2.75) is 6.18 Å². The van der Waals surface area contributed by atoms with Crippen LogP contribution in [0.4, 0.5) is 24.5 Å². The van der Waals surface area contributed by atoms with Crippen molar-refractivity contribution >= 4 is 34.9 Å². The van der Waals surface area contributed by atoms with Crippen LogP contribution in [0.15, 0.2) is 53.6 Å². The Bertz CT molecular complexity index is 824. The highest BCUT2D eigenvalue weighted by molar-refractivity contribution is 7.80. The topological polar surface area (TPSA) is 79.6 Å². The SMILES string of the molecule is O=[N+]([O-])c1cccc(/C=N/NC(=S)Nc2cccc(C(F)(F)F)c2)c1. The van der Waals surface area contributed by atoms with Gasteiger partial charge in [-0.15, -0.1) is 0 Å². The second-order valence-electron chi connectivity index (χ2n) is 4.75. The molecular formula is C15H11F3N4O2S. The smallest absolute Gasteiger partial charge is 0.331 e. The second-order valence-corrected chi connectivity index (χ2v) is 5.16. The third kappa shape index (κ3) is 5.53. The van der Waals surface area contributed by atoms with E-state index in [4.69, 9.17) is 12.2 Å². The number of benzene rings is 2. The molecule has 0 saturated heterocycles. The molecule has 0 fully saturated rings. The van der Waals surface area contributed by atoms with Crippen LogP contribution in [0.1, 0.15) is 11.1 Å². The maximum atomic E-state index is 12.6. The van der Waals surface area contributed by atoms with E-state index in [0.717, 1.165) is 12.1 Å². The summed E-state index contributed by atoms with van der Waals surface area (Å²) in [6.45, 7) is 0. The number of halogens is 3. The van der Waals surface area contributed by atoms with Gasteiger partial charge in [-0.05, 0) is 30.4 Å². The molecule has 2 rings (SSSR count). The van der Waals surface area contributed by atoms with Gasteiger partial charge < -0.3 is 5.32 Å². The molecule has 0 unspecified atom stereocenters. The van der Waals surface area contributed by atoms with Crippen LogP contribution in [0, 0.1) is 10.1 Å². The molecule has 25 heavy (non-hydrogen) atoms. The summed E-state index contributed by atoms with van der Waals surface area (Å²) in [5.41, 5.74) is 2.14. The summed E-state index contributed by atoms with van der Waals surface area (Å²) in [4.78, 5) is 10.1. The maximum absolute atomic E-state index is 12.6. The minimum Gasteiger partial charge on any atom is -0.331 e. The average Bonchev–Trinajstić information content (AvgIpc) is 2.54. The molecule has 0 aliphatic carbocycles. The van der Waals surface area contributed by atoms with E-state index >= 15 is 0 Å². The molecule has 0 aromatic heterocycles. The fraction of sp³-hybridized carbons (Fsp3) is 0.0667. The van der Waals surface area contributed by atoms with Crippen molar-refractivity contribution in [1.82, 2.24) is 5.43 Å². The predicted octanol–water partition coefficient (Wildman–Crippen LogP) is 3.93. The van der Waals surface area contributed by atoms with Crippen LogP contribution in [0.5, 0.6) is 0 Å². The number of nitrogens with one attached hydrogen (secondary N) is 2. The molecule has 10 heteroatoms. The molecular weight excluding hydrogens is 357 g/mol. The lowest BCUT2D eigenvalue weighted by molar-refractivity contribution is -0.384. The first-order valence-corrected chi connectivity index (χ1v) is 7.18. The van der Waals surface area contributed by atoms with E-state index in [2.05, 4.69) is 15.8 Å². The first kappa shape index (κ1) is 18.3. The Morgan fingerprint density at radius 1 is 1.20 bits per heavy atom. The van der Waals surface area contributed by atoms with Crippen molar-refractivity contribution < 1.29 is 18.1 Å². The Morgan fingerprint density at radius 3 is 2.60 bits per heavy atom. The van der Waals surface area contributed by atoms with Gasteiger partial charge >= 0.3 is 6.18 Å². The fourth-order valence-corrected chi connectivity index (χ4v) is 1.99. The number of anilines is 1. The molecule has 6 nitrogen and oxygen atoms in total. The normalized spacial score (nSPS) is 11.3. The molecule has 0 atom stereocenters. The van der Waals surface area contributed by atoms with Crippen LogP contribution in [-0.2, 0) is 6.18 Å². The lowest BCUT2D eigenvalue weighted by atomic mass is 10.2. The lowest BCUT2D eigenvalue weighted by Gasteiger charge is -2.10. The zero-order chi connectivity index (χ0) is 18.4.